The standard InChI is InChI=1S/C20H24N2O/c1-20(2,3)16-9-7-15(8-10-16)19(23)22(18-11-12-18)14-17-6-4-5-13-21-17/h4-10,13,18H,11-12,14H2,1-3H3. The van der Waals surface area contributed by atoms with E-state index in [1.54, 1.807) is 6.20 Å². The summed E-state index contributed by atoms with van der Waals surface area (Å²) in [5.41, 5.74) is 3.06. The van der Waals surface area contributed by atoms with Crippen molar-refractivity contribution < 1.29 is 4.79 Å². The molecule has 0 bridgehead atoms. The minimum absolute atomic E-state index is 0.103. The molecule has 2 aromatic rings. The molecule has 0 N–H and O–H groups in total. The van der Waals surface area contributed by atoms with E-state index >= 15 is 0 Å². The van der Waals surface area contributed by atoms with Gasteiger partial charge in [0.05, 0.1) is 12.2 Å². The summed E-state index contributed by atoms with van der Waals surface area (Å²) in [6.07, 6.45) is 3.97. The topological polar surface area (TPSA) is 33.2 Å². The number of pyridine rings is 1. The first-order valence-electron chi connectivity index (χ1n) is 8.26. The molecule has 1 amide bonds. The van der Waals surface area contributed by atoms with Crippen LogP contribution in [-0.2, 0) is 12.0 Å². The van der Waals surface area contributed by atoms with Crippen LogP contribution in [0, 0.1) is 0 Å². The van der Waals surface area contributed by atoms with Crippen LogP contribution in [0.15, 0.2) is 48.7 Å². The molecule has 120 valence electrons. The Bertz CT molecular complexity index is 667. The second-order valence-corrected chi connectivity index (χ2v) is 7.31. The summed E-state index contributed by atoms with van der Waals surface area (Å²) in [5, 5.41) is 0. The molecule has 0 unspecified atom stereocenters. The number of benzene rings is 1. The molecule has 1 aromatic carbocycles. The zero-order valence-corrected chi connectivity index (χ0v) is 14.1. The summed E-state index contributed by atoms with van der Waals surface area (Å²) in [6.45, 7) is 7.13. The molecule has 1 fully saturated rings. The first-order valence-corrected chi connectivity index (χ1v) is 8.26. The highest BCUT2D eigenvalue weighted by molar-refractivity contribution is 5.94. The maximum Gasteiger partial charge on any atom is 0.254 e. The molecule has 3 nitrogen and oxygen atoms in total. The molecular formula is C20H24N2O. The van der Waals surface area contributed by atoms with Gasteiger partial charge in [-0.15, -0.1) is 0 Å². The predicted octanol–water partition coefficient (Wildman–Crippen LogP) is 4.18. The van der Waals surface area contributed by atoms with Crippen molar-refractivity contribution >= 4 is 5.91 Å². The number of hydrogen-bond acceptors (Lipinski definition) is 2. The molecule has 0 spiro atoms. The van der Waals surface area contributed by atoms with Gasteiger partial charge in [0.1, 0.15) is 0 Å². The minimum Gasteiger partial charge on any atom is -0.330 e. The van der Waals surface area contributed by atoms with Crippen LogP contribution in [0.25, 0.3) is 0 Å². The minimum atomic E-state index is 0.103. The molecule has 0 saturated heterocycles. The van der Waals surface area contributed by atoms with E-state index < -0.39 is 0 Å². The summed E-state index contributed by atoms with van der Waals surface area (Å²) in [6, 6.07) is 14.3. The van der Waals surface area contributed by atoms with Gasteiger partial charge in [0.15, 0.2) is 0 Å². The maximum absolute atomic E-state index is 12.9. The number of aromatic nitrogens is 1. The van der Waals surface area contributed by atoms with Crippen LogP contribution < -0.4 is 0 Å². The Labute approximate surface area is 138 Å². The third-order valence-electron chi connectivity index (χ3n) is 4.30. The fourth-order valence-corrected chi connectivity index (χ4v) is 2.70. The van der Waals surface area contributed by atoms with E-state index in [1.165, 1.54) is 5.56 Å². The van der Waals surface area contributed by atoms with Gasteiger partial charge >= 0.3 is 0 Å². The Balaban J connectivity index is 1.79. The van der Waals surface area contributed by atoms with Crippen molar-refractivity contribution in [2.45, 2.75) is 51.6 Å². The van der Waals surface area contributed by atoms with Crippen molar-refractivity contribution in [3.8, 4) is 0 Å². The number of hydrogen-bond donors (Lipinski definition) is 0. The van der Waals surface area contributed by atoms with Gasteiger partial charge in [-0.25, -0.2) is 0 Å². The Morgan fingerprint density at radius 3 is 2.35 bits per heavy atom. The zero-order valence-electron chi connectivity index (χ0n) is 14.1. The van der Waals surface area contributed by atoms with E-state index in [2.05, 4.69) is 37.9 Å². The third-order valence-corrected chi connectivity index (χ3v) is 4.30. The fourth-order valence-electron chi connectivity index (χ4n) is 2.70. The smallest absolute Gasteiger partial charge is 0.254 e. The SMILES string of the molecule is CC(C)(C)c1ccc(C(=O)N(Cc2ccccn2)C2CC2)cc1. The molecule has 0 aliphatic heterocycles. The second kappa shape index (κ2) is 6.15. The van der Waals surface area contributed by atoms with Crippen LogP contribution in [0.4, 0.5) is 0 Å². The van der Waals surface area contributed by atoms with Crippen LogP contribution in [0.3, 0.4) is 0 Å². The lowest BCUT2D eigenvalue weighted by molar-refractivity contribution is 0.0727. The van der Waals surface area contributed by atoms with Crippen molar-refractivity contribution in [2.75, 3.05) is 0 Å². The van der Waals surface area contributed by atoms with Crippen LogP contribution in [0.1, 0.15) is 55.2 Å². The molecule has 1 aliphatic rings. The Morgan fingerprint density at radius 1 is 1.13 bits per heavy atom. The van der Waals surface area contributed by atoms with Gasteiger partial charge in [0, 0.05) is 17.8 Å². The summed E-state index contributed by atoms with van der Waals surface area (Å²) in [4.78, 5) is 19.2. The molecule has 1 saturated carbocycles. The zero-order chi connectivity index (χ0) is 16.4. The predicted molar refractivity (Wildman–Crippen MR) is 92.3 cm³/mol. The Kier molecular flexibility index (Phi) is 4.20. The number of carbonyl (C=O) groups excluding carboxylic acids is 1. The van der Waals surface area contributed by atoms with Gasteiger partial charge in [0.25, 0.3) is 5.91 Å². The normalized spacial score (nSPS) is 14.6. The quantitative estimate of drug-likeness (QED) is 0.848. The number of nitrogens with zero attached hydrogens (tertiary/aromatic N) is 2. The van der Waals surface area contributed by atoms with Gasteiger partial charge in [-0.2, -0.15) is 0 Å². The molecule has 0 atom stereocenters. The second-order valence-electron chi connectivity index (χ2n) is 7.31. The summed E-state index contributed by atoms with van der Waals surface area (Å²) in [7, 11) is 0. The van der Waals surface area contributed by atoms with Gasteiger partial charge in [-0.05, 0) is 48.1 Å². The van der Waals surface area contributed by atoms with E-state index in [9.17, 15) is 4.79 Å². The first-order chi connectivity index (χ1) is 10.9. The first kappa shape index (κ1) is 15.7. The highest BCUT2D eigenvalue weighted by atomic mass is 16.2. The maximum atomic E-state index is 12.9. The van der Waals surface area contributed by atoms with Crippen molar-refractivity contribution in [1.82, 2.24) is 9.88 Å². The third kappa shape index (κ3) is 3.79. The average molecular weight is 308 g/mol. The lowest BCUT2D eigenvalue weighted by Crippen LogP contribution is -2.33. The van der Waals surface area contributed by atoms with Crippen LogP contribution in [0.5, 0.6) is 0 Å². The van der Waals surface area contributed by atoms with Crippen LogP contribution >= 0.6 is 0 Å². The van der Waals surface area contributed by atoms with E-state index in [1.807, 2.05) is 35.2 Å². The van der Waals surface area contributed by atoms with Crippen molar-refractivity contribution in [2.24, 2.45) is 0 Å². The Morgan fingerprint density at radius 2 is 1.83 bits per heavy atom. The van der Waals surface area contributed by atoms with Gasteiger partial charge in [0.2, 0.25) is 0 Å². The average Bonchev–Trinajstić information content (AvgIpc) is 3.37. The van der Waals surface area contributed by atoms with E-state index in [4.69, 9.17) is 0 Å². The molecule has 1 heterocycles. The summed E-state index contributed by atoms with van der Waals surface area (Å²) in [5.74, 6) is 0.110. The van der Waals surface area contributed by atoms with E-state index in [0.717, 1.165) is 24.1 Å². The lowest BCUT2D eigenvalue weighted by Gasteiger charge is -2.23. The molecule has 3 rings (SSSR count). The van der Waals surface area contributed by atoms with E-state index in [0.29, 0.717) is 12.6 Å². The molecule has 23 heavy (non-hydrogen) atoms. The van der Waals surface area contributed by atoms with Gasteiger partial charge < -0.3 is 4.90 Å². The molecule has 1 aromatic heterocycles. The molecule has 3 heteroatoms. The largest absolute Gasteiger partial charge is 0.330 e. The molecule has 0 radical (unpaired) electrons. The number of amides is 1. The van der Waals surface area contributed by atoms with Crippen LogP contribution in [0.2, 0.25) is 0 Å². The summed E-state index contributed by atoms with van der Waals surface area (Å²) >= 11 is 0. The molecule has 1 aliphatic carbocycles. The van der Waals surface area contributed by atoms with Crippen molar-refractivity contribution in [3.63, 3.8) is 0 Å². The Hall–Kier alpha value is -2.16. The highest BCUT2D eigenvalue weighted by Gasteiger charge is 2.33. The van der Waals surface area contributed by atoms with Crippen molar-refractivity contribution in [1.29, 1.82) is 0 Å². The van der Waals surface area contributed by atoms with Gasteiger partial charge in [-0.1, -0.05) is 39.0 Å². The monoisotopic (exact) mass is 308 g/mol. The number of carbonyl (C=O) groups is 1. The summed E-state index contributed by atoms with van der Waals surface area (Å²) < 4.78 is 0. The van der Waals surface area contributed by atoms with Crippen molar-refractivity contribution in [3.05, 3.63) is 65.5 Å². The van der Waals surface area contributed by atoms with Crippen LogP contribution in [-0.4, -0.2) is 21.8 Å². The lowest BCUT2D eigenvalue weighted by atomic mass is 9.86. The fraction of sp³-hybridized carbons (Fsp3) is 0.400. The molecular weight excluding hydrogens is 284 g/mol. The highest BCUT2D eigenvalue weighted by Crippen LogP contribution is 2.30. The van der Waals surface area contributed by atoms with E-state index in [-0.39, 0.29) is 11.3 Å². The van der Waals surface area contributed by atoms with Gasteiger partial charge in [-0.3, -0.25) is 9.78 Å². The number of rotatable bonds is 4.